The molecular formula is C21H25N5O2. The molecule has 7 nitrogen and oxygen atoms in total. The molecule has 0 atom stereocenters. The summed E-state index contributed by atoms with van der Waals surface area (Å²) in [4.78, 5) is 15.5. The van der Waals surface area contributed by atoms with Crippen molar-refractivity contribution in [2.24, 2.45) is 0 Å². The molecule has 7 heteroatoms. The van der Waals surface area contributed by atoms with Crippen LogP contribution in [0.25, 0.3) is 11.4 Å². The lowest BCUT2D eigenvalue weighted by molar-refractivity contribution is -0.130. The number of aryl methyl sites for hydroxylation is 2. The van der Waals surface area contributed by atoms with E-state index in [1.807, 2.05) is 61.5 Å². The molecule has 0 fully saturated rings. The molecular weight excluding hydrogens is 354 g/mol. The van der Waals surface area contributed by atoms with Gasteiger partial charge < -0.3 is 9.64 Å². The van der Waals surface area contributed by atoms with E-state index in [0.29, 0.717) is 38.4 Å². The van der Waals surface area contributed by atoms with Gasteiger partial charge >= 0.3 is 0 Å². The summed E-state index contributed by atoms with van der Waals surface area (Å²) in [6, 6.07) is 17.6. The number of hydrogen-bond donors (Lipinski definition) is 0. The van der Waals surface area contributed by atoms with Gasteiger partial charge in [-0.2, -0.15) is 4.80 Å². The number of hydrogen-bond acceptors (Lipinski definition) is 5. The van der Waals surface area contributed by atoms with E-state index in [2.05, 4.69) is 15.4 Å². The first kappa shape index (κ1) is 19.5. The minimum absolute atomic E-state index is 0.0804. The highest BCUT2D eigenvalue weighted by Crippen LogP contribution is 2.16. The number of carbonyl (C=O) groups is 1. The summed E-state index contributed by atoms with van der Waals surface area (Å²) >= 11 is 0. The maximum atomic E-state index is 12.3. The number of likely N-dealkylation sites (N-methyl/N-ethyl adjacent to an activating group) is 1. The van der Waals surface area contributed by atoms with Crippen molar-refractivity contribution in [3.05, 3.63) is 60.2 Å². The van der Waals surface area contributed by atoms with E-state index < -0.39 is 0 Å². The van der Waals surface area contributed by atoms with E-state index in [1.54, 1.807) is 11.9 Å². The maximum Gasteiger partial charge on any atom is 0.222 e. The number of para-hydroxylation sites is 1. The molecule has 0 aliphatic heterocycles. The number of tetrazole rings is 1. The Morgan fingerprint density at radius 1 is 1.11 bits per heavy atom. The second-order valence-electron chi connectivity index (χ2n) is 6.61. The molecule has 3 rings (SSSR count). The summed E-state index contributed by atoms with van der Waals surface area (Å²) in [6.45, 7) is 3.58. The standard InChI is InChI=1S/C21H25N5O2/c1-17-9-6-7-12-19(17)28-16-15-25(2)20(27)13-8-14-26-23-21(22-24-26)18-10-4-3-5-11-18/h3-7,9-12H,8,13-16H2,1-2H3. The number of carbonyl (C=O) groups excluding carboxylic acids is 1. The van der Waals surface area contributed by atoms with Crippen LogP contribution in [0.2, 0.25) is 0 Å². The Kier molecular flexibility index (Phi) is 6.73. The summed E-state index contributed by atoms with van der Waals surface area (Å²) in [5.74, 6) is 1.53. The first-order valence-corrected chi connectivity index (χ1v) is 9.39. The lowest BCUT2D eigenvalue weighted by atomic mass is 10.2. The van der Waals surface area contributed by atoms with Gasteiger partial charge in [-0.25, -0.2) is 0 Å². The van der Waals surface area contributed by atoms with Crippen LogP contribution < -0.4 is 4.74 Å². The van der Waals surface area contributed by atoms with Crippen LogP contribution >= 0.6 is 0 Å². The molecule has 0 N–H and O–H groups in total. The van der Waals surface area contributed by atoms with Gasteiger partial charge in [0, 0.05) is 19.0 Å². The van der Waals surface area contributed by atoms with Crippen LogP contribution in [0.5, 0.6) is 5.75 Å². The topological polar surface area (TPSA) is 73.1 Å². The van der Waals surface area contributed by atoms with Gasteiger partial charge in [-0.05, 0) is 30.2 Å². The van der Waals surface area contributed by atoms with E-state index in [9.17, 15) is 4.79 Å². The molecule has 1 aromatic heterocycles. The van der Waals surface area contributed by atoms with Crippen LogP contribution in [0.1, 0.15) is 18.4 Å². The van der Waals surface area contributed by atoms with E-state index in [4.69, 9.17) is 4.74 Å². The van der Waals surface area contributed by atoms with Gasteiger partial charge in [0.05, 0.1) is 13.1 Å². The molecule has 146 valence electrons. The number of rotatable bonds is 9. The second kappa shape index (κ2) is 9.64. The fourth-order valence-corrected chi connectivity index (χ4v) is 2.74. The number of benzene rings is 2. The zero-order chi connectivity index (χ0) is 19.8. The molecule has 28 heavy (non-hydrogen) atoms. The van der Waals surface area contributed by atoms with E-state index in [1.165, 1.54) is 4.80 Å². The summed E-state index contributed by atoms with van der Waals surface area (Å²) in [7, 11) is 1.80. The molecule has 1 heterocycles. The lowest BCUT2D eigenvalue weighted by Gasteiger charge is -2.18. The summed E-state index contributed by atoms with van der Waals surface area (Å²) < 4.78 is 5.75. The predicted octanol–water partition coefficient (Wildman–Crippen LogP) is 2.97. The molecule has 0 spiro atoms. The first-order valence-electron chi connectivity index (χ1n) is 9.39. The van der Waals surface area contributed by atoms with Crippen molar-refractivity contribution in [2.45, 2.75) is 26.3 Å². The highest BCUT2D eigenvalue weighted by Gasteiger charge is 2.10. The SMILES string of the molecule is Cc1ccccc1OCCN(C)C(=O)CCCn1nnc(-c2ccccc2)n1. The van der Waals surface area contributed by atoms with E-state index in [0.717, 1.165) is 16.9 Å². The molecule has 0 aliphatic rings. The predicted molar refractivity (Wildman–Crippen MR) is 107 cm³/mol. The minimum atomic E-state index is 0.0804. The van der Waals surface area contributed by atoms with Gasteiger partial charge in [0.15, 0.2) is 0 Å². The molecule has 0 radical (unpaired) electrons. The van der Waals surface area contributed by atoms with Crippen LogP contribution in [0.3, 0.4) is 0 Å². The number of nitrogens with zero attached hydrogens (tertiary/aromatic N) is 5. The molecule has 3 aromatic rings. The second-order valence-corrected chi connectivity index (χ2v) is 6.61. The molecule has 0 bridgehead atoms. The van der Waals surface area contributed by atoms with Crippen LogP contribution in [-0.4, -0.2) is 51.2 Å². The van der Waals surface area contributed by atoms with Crippen molar-refractivity contribution >= 4 is 5.91 Å². The summed E-state index contributed by atoms with van der Waals surface area (Å²) in [5, 5.41) is 12.5. The molecule has 0 aliphatic carbocycles. The monoisotopic (exact) mass is 379 g/mol. The minimum Gasteiger partial charge on any atom is -0.491 e. The maximum absolute atomic E-state index is 12.3. The Balaban J connectivity index is 1.38. The number of ether oxygens (including phenoxy) is 1. The van der Waals surface area contributed by atoms with Gasteiger partial charge in [0.25, 0.3) is 0 Å². The average molecular weight is 379 g/mol. The Morgan fingerprint density at radius 2 is 1.86 bits per heavy atom. The normalized spacial score (nSPS) is 10.6. The van der Waals surface area contributed by atoms with Crippen molar-refractivity contribution in [3.63, 3.8) is 0 Å². The highest BCUT2D eigenvalue weighted by molar-refractivity contribution is 5.75. The third kappa shape index (κ3) is 5.39. The molecule has 2 aromatic carbocycles. The fourth-order valence-electron chi connectivity index (χ4n) is 2.74. The van der Waals surface area contributed by atoms with Crippen molar-refractivity contribution < 1.29 is 9.53 Å². The first-order chi connectivity index (χ1) is 13.6. The quantitative estimate of drug-likeness (QED) is 0.571. The van der Waals surface area contributed by atoms with Crippen molar-refractivity contribution in [1.29, 1.82) is 0 Å². The Labute approximate surface area is 164 Å². The van der Waals surface area contributed by atoms with Gasteiger partial charge in [-0.1, -0.05) is 48.5 Å². The number of aromatic nitrogens is 4. The molecule has 0 unspecified atom stereocenters. The van der Waals surface area contributed by atoms with Gasteiger partial charge in [-0.3, -0.25) is 4.79 Å². The Bertz CT molecular complexity index is 895. The van der Waals surface area contributed by atoms with Crippen LogP contribution in [0.15, 0.2) is 54.6 Å². The smallest absolute Gasteiger partial charge is 0.222 e. The summed E-state index contributed by atoms with van der Waals surface area (Å²) in [6.07, 6.45) is 1.09. The third-order valence-electron chi connectivity index (χ3n) is 4.44. The van der Waals surface area contributed by atoms with Crippen molar-refractivity contribution in [2.75, 3.05) is 20.2 Å². The largest absolute Gasteiger partial charge is 0.491 e. The average Bonchev–Trinajstić information content (AvgIpc) is 3.19. The Hall–Kier alpha value is -3.22. The zero-order valence-electron chi connectivity index (χ0n) is 16.3. The van der Waals surface area contributed by atoms with Crippen LogP contribution in [-0.2, 0) is 11.3 Å². The van der Waals surface area contributed by atoms with Crippen LogP contribution in [0, 0.1) is 6.92 Å². The molecule has 1 amide bonds. The van der Waals surface area contributed by atoms with Gasteiger partial charge in [-0.15, -0.1) is 10.2 Å². The zero-order valence-corrected chi connectivity index (χ0v) is 16.3. The van der Waals surface area contributed by atoms with E-state index in [-0.39, 0.29) is 5.91 Å². The van der Waals surface area contributed by atoms with Gasteiger partial charge in [0.2, 0.25) is 11.7 Å². The fraction of sp³-hybridized carbons (Fsp3) is 0.333. The van der Waals surface area contributed by atoms with Crippen molar-refractivity contribution in [1.82, 2.24) is 25.1 Å². The lowest BCUT2D eigenvalue weighted by Crippen LogP contribution is -2.31. The van der Waals surface area contributed by atoms with Crippen molar-refractivity contribution in [3.8, 4) is 17.1 Å². The van der Waals surface area contributed by atoms with Crippen LogP contribution in [0.4, 0.5) is 0 Å². The molecule has 0 saturated carbocycles. The highest BCUT2D eigenvalue weighted by atomic mass is 16.5. The van der Waals surface area contributed by atoms with E-state index >= 15 is 0 Å². The number of amides is 1. The Morgan fingerprint density at radius 3 is 2.64 bits per heavy atom. The third-order valence-corrected chi connectivity index (χ3v) is 4.44. The molecule has 0 saturated heterocycles. The van der Waals surface area contributed by atoms with Gasteiger partial charge in [0.1, 0.15) is 12.4 Å². The summed E-state index contributed by atoms with van der Waals surface area (Å²) in [5.41, 5.74) is 2.02.